The highest BCUT2D eigenvalue weighted by Gasteiger charge is 2.24. The standard InChI is InChI=1S/C28H58NO7P/c1-5-6-7-8-9-10-11-12-13-14-15-16-17-18-19-20-21-22-28(31)34-25-27(30)26-36-37(32,33)35-24-23-29(2,3)4/h27,30H,5-26H2,1-4H3/p+1/t27-/m1/s1/i11D2,12D2. The molecule has 0 saturated heterocycles. The van der Waals surface area contributed by atoms with E-state index in [1.807, 2.05) is 21.1 Å². The summed E-state index contributed by atoms with van der Waals surface area (Å²) < 4.78 is 59.8. The van der Waals surface area contributed by atoms with Gasteiger partial charge in [0.25, 0.3) is 0 Å². The number of esters is 1. The summed E-state index contributed by atoms with van der Waals surface area (Å²) in [6, 6.07) is 0. The van der Waals surface area contributed by atoms with E-state index in [0.717, 1.165) is 70.6 Å². The van der Waals surface area contributed by atoms with Crippen molar-refractivity contribution in [1.29, 1.82) is 0 Å². The smallest absolute Gasteiger partial charge is 0.463 e. The van der Waals surface area contributed by atoms with Gasteiger partial charge in [-0.25, -0.2) is 4.57 Å². The number of hydrogen-bond acceptors (Lipinski definition) is 6. The fourth-order valence-corrected chi connectivity index (χ4v) is 4.24. The van der Waals surface area contributed by atoms with Crippen molar-refractivity contribution < 1.29 is 43.1 Å². The number of carbonyl (C=O) groups is 1. The molecule has 2 N–H and O–H groups in total. The van der Waals surface area contributed by atoms with Crippen LogP contribution in [0.15, 0.2) is 0 Å². The molecule has 37 heavy (non-hydrogen) atoms. The van der Waals surface area contributed by atoms with Crippen molar-refractivity contribution in [2.75, 3.05) is 47.5 Å². The SMILES string of the molecule is [2H]C([2H])(CCCCCCC)C([2H])([2H])CCCCCCCCCCC(=O)OC[C@@H](O)COP(=O)(O)OCC[N+](C)(C)C. The summed E-state index contributed by atoms with van der Waals surface area (Å²) in [5.74, 6) is -0.439. The first-order chi connectivity index (χ1) is 19.0. The Balaban J connectivity index is 3.81. The second-order valence-electron chi connectivity index (χ2n) is 10.8. The Morgan fingerprint density at radius 3 is 1.81 bits per heavy atom. The zero-order valence-electron chi connectivity index (χ0n) is 28.0. The number of nitrogens with zero attached hydrogens (tertiary/aromatic N) is 1. The molecule has 0 rings (SSSR count). The zero-order chi connectivity index (χ0) is 31.4. The quantitative estimate of drug-likeness (QED) is 0.0498. The topological polar surface area (TPSA) is 102 Å². The molecule has 0 aliphatic rings. The maximum Gasteiger partial charge on any atom is 0.472 e. The molecule has 0 bridgehead atoms. The fraction of sp³-hybridized carbons (Fsp3) is 0.964. The number of aliphatic hydroxyl groups excluding tert-OH is 1. The molecule has 0 aliphatic carbocycles. The van der Waals surface area contributed by atoms with E-state index >= 15 is 0 Å². The van der Waals surface area contributed by atoms with Gasteiger partial charge in [-0.05, 0) is 6.42 Å². The maximum absolute atomic E-state index is 11.9. The molecule has 0 heterocycles. The van der Waals surface area contributed by atoms with Crippen molar-refractivity contribution in [2.24, 2.45) is 0 Å². The predicted molar refractivity (Wildman–Crippen MR) is 150 cm³/mol. The third kappa shape index (κ3) is 28.3. The van der Waals surface area contributed by atoms with Crippen LogP contribution >= 0.6 is 7.82 Å². The number of rotatable bonds is 27. The molecule has 0 saturated carbocycles. The van der Waals surface area contributed by atoms with E-state index in [4.69, 9.17) is 19.3 Å². The number of unbranched alkanes of at least 4 members (excludes halogenated alkanes) is 11. The molecule has 0 spiro atoms. The largest absolute Gasteiger partial charge is 0.472 e. The lowest BCUT2D eigenvalue weighted by Gasteiger charge is -2.24. The van der Waals surface area contributed by atoms with Gasteiger partial charge in [-0.3, -0.25) is 13.8 Å². The van der Waals surface area contributed by atoms with Crippen LogP contribution in [0.5, 0.6) is 0 Å². The van der Waals surface area contributed by atoms with Gasteiger partial charge in [-0.15, -0.1) is 0 Å². The molecule has 8 nitrogen and oxygen atoms in total. The first kappa shape index (κ1) is 29.5. The number of phosphoric ester groups is 1. The minimum atomic E-state index is -4.28. The van der Waals surface area contributed by atoms with Crippen LogP contribution in [0.3, 0.4) is 0 Å². The summed E-state index contributed by atoms with van der Waals surface area (Å²) in [6.07, 6.45) is 8.17. The Hall–Kier alpha value is -0.500. The molecule has 222 valence electrons. The molecule has 9 heteroatoms. The van der Waals surface area contributed by atoms with Crippen LogP contribution in [0, 0.1) is 0 Å². The highest BCUT2D eigenvalue weighted by molar-refractivity contribution is 7.47. The van der Waals surface area contributed by atoms with Crippen molar-refractivity contribution in [1.82, 2.24) is 0 Å². The summed E-state index contributed by atoms with van der Waals surface area (Å²) in [5.41, 5.74) is 0. The van der Waals surface area contributed by atoms with Crippen molar-refractivity contribution in [2.45, 2.75) is 129 Å². The van der Waals surface area contributed by atoms with Gasteiger partial charge in [0.2, 0.25) is 0 Å². The Morgan fingerprint density at radius 1 is 0.811 bits per heavy atom. The van der Waals surface area contributed by atoms with Crippen LogP contribution in [0.2, 0.25) is 0 Å². The van der Waals surface area contributed by atoms with Gasteiger partial charge in [-0.2, -0.15) is 0 Å². The van der Waals surface area contributed by atoms with Gasteiger partial charge >= 0.3 is 13.8 Å². The van der Waals surface area contributed by atoms with Crippen molar-refractivity contribution in [3.63, 3.8) is 0 Å². The summed E-state index contributed by atoms with van der Waals surface area (Å²) in [4.78, 5) is 21.5. The monoisotopic (exact) mass is 556 g/mol. The van der Waals surface area contributed by atoms with E-state index in [0.29, 0.717) is 23.9 Å². The first-order valence-corrected chi connectivity index (χ1v) is 15.8. The molecule has 0 radical (unpaired) electrons. The number of carbonyl (C=O) groups excluding carboxylic acids is 1. The number of quaternary nitrogens is 1. The van der Waals surface area contributed by atoms with Crippen LogP contribution in [0.25, 0.3) is 0 Å². The molecule has 0 fully saturated rings. The van der Waals surface area contributed by atoms with Gasteiger partial charge in [0.1, 0.15) is 25.9 Å². The molecular formula is C28H59NO7P+. The summed E-state index contributed by atoms with van der Waals surface area (Å²) >= 11 is 0. The lowest BCUT2D eigenvalue weighted by atomic mass is 10.0. The van der Waals surface area contributed by atoms with Gasteiger partial charge in [-0.1, -0.05) is 110 Å². The van der Waals surface area contributed by atoms with Crippen LogP contribution in [0.1, 0.15) is 128 Å². The van der Waals surface area contributed by atoms with E-state index in [2.05, 4.69) is 6.92 Å². The van der Waals surface area contributed by atoms with Gasteiger partial charge in [0, 0.05) is 11.9 Å². The number of likely N-dealkylation sites (N-methyl/N-ethyl adjacent to an activating group) is 1. The predicted octanol–water partition coefficient (Wildman–Crippen LogP) is 6.77. The molecule has 2 atom stereocenters. The Bertz CT molecular complexity index is 739. The van der Waals surface area contributed by atoms with Gasteiger partial charge < -0.3 is 19.2 Å². The molecular weight excluding hydrogens is 493 g/mol. The minimum absolute atomic E-state index is 0.0281. The number of hydrogen-bond donors (Lipinski definition) is 2. The lowest BCUT2D eigenvalue weighted by Crippen LogP contribution is -2.37. The third-order valence-corrected chi connectivity index (χ3v) is 6.83. The van der Waals surface area contributed by atoms with E-state index in [1.54, 1.807) is 0 Å². The lowest BCUT2D eigenvalue weighted by molar-refractivity contribution is -0.870. The van der Waals surface area contributed by atoms with E-state index in [9.17, 15) is 19.4 Å². The molecule has 0 aromatic heterocycles. The van der Waals surface area contributed by atoms with Crippen molar-refractivity contribution >= 4 is 13.8 Å². The zero-order valence-corrected chi connectivity index (χ0v) is 24.9. The summed E-state index contributed by atoms with van der Waals surface area (Å²) in [5, 5.41) is 9.86. The number of ether oxygens (including phenoxy) is 1. The average molecular weight is 557 g/mol. The van der Waals surface area contributed by atoms with Gasteiger partial charge in [0.05, 0.1) is 27.7 Å². The third-order valence-electron chi connectivity index (χ3n) is 5.85. The van der Waals surface area contributed by atoms with Crippen LogP contribution in [0.4, 0.5) is 0 Å². The second kappa shape index (κ2) is 23.4. The molecule has 0 aliphatic heterocycles. The Kier molecular flexibility index (Phi) is 18.6. The fourth-order valence-electron chi connectivity index (χ4n) is 3.49. The van der Waals surface area contributed by atoms with Crippen molar-refractivity contribution in [3.8, 4) is 0 Å². The van der Waals surface area contributed by atoms with Crippen LogP contribution in [-0.4, -0.2) is 74.1 Å². The normalized spacial score (nSPS) is 16.8. The average Bonchev–Trinajstić information content (AvgIpc) is 2.86. The summed E-state index contributed by atoms with van der Waals surface area (Å²) in [6.45, 7) is 1.87. The van der Waals surface area contributed by atoms with Gasteiger partial charge in [0.15, 0.2) is 0 Å². The molecule has 0 amide bonds. The Morgan fingerprint density at radius 2 is 1.30 bits per heavy atom. The minimum Gasteiger partial charge on any atom is -0.463 e. The Labute approximate surface area is 233 Å². The molecule has 1 unspecified atom stereocenters. The summed E-state index contributed by atoms with van der Waals surface area (Å²) in [7, 11) is 1.47. The van der Waals surface area contributed by atoms with E-state index in [-0.39, 0.29) is 32.5 Å². The maximum atomic E-state index is 11.9. The van der Waals surface area contributed by atoms with E-state index in [1.165, 1.54) is 0 Å². The number of aliphatic hydroxyl groups is 1. The molecule has 0 aromatic rings. The van der Waals surface area contributed by atoms with Crippen LogP contribution < -0.4 is 0 Å². The second-order valence-corrected chi connectivity index (χ2v) is 12.2. The van der Waals surface area contributed by atoms with Crippen LogP contribution in [-0.2, 0) is 23.1 Å². The van der Waals surface area contributed by atoms with E-state index < -0.39 is 39.2 Å². The van der Waals surface area contributed by atoms with Crippen molar-refractivity contribution in [3.05, 3.63) is 0 Å². The first-order valence-electron chi connectivity index (χ1n) is 16.3. The highest BCUT2D eigenvalue weighted by Crippen LogP contribution is 2.43. The number of phosphoric acid groups is 1. The molecule has 0 aromatic carbocycles. The highest BCUT2D eigenvalue weighted by atomic mass is 31.2.